The molecule has 1 unspecified atom stereocenters. The third-order valence-electron chi connectivity index (χ3n) is 3.40. The van der Waals surface area contributed by atoms with Gasteiger partial charge in [0.1, 0.15) is 0 Å². The highest BCUT2D eigenvalue weighted by Crippen LogP contribution is 2.04. The molecule has 1 aliphatic rings. The zero-order valence-electron chi connectivity index (χ0n) is 12.3. The second-order valence-electron chi connectivity index (χ2n) is 5.18. The number of aliphatic hydroxyl groups is 1. The highest BCUT2D eigenvalue weighted by atomic mass is 32.2. The molecule has 0 spiro atoms. The van der Waals surface area contributed by atoms with Gasteiger partial charge >= 0.3 is 0 Å². The van der Waals surface area contributed by atoms with Crippen LogP contribution in [0.1, 0.15) is 25.7 Å². The molecule has 0 amide bonds. The summed E-state index contributed by atoms with van der Waals surface area (Å²) in [6.45, 7) is 6.01. The molecular formula is C14H30N2O2S. The SMILES string of the molecule is CSCCCCCCNCC(O)CN1CCOCC1. The van der Waals surface area contributed by atoms with E-state index < -0.39 is 0 Å². The number of nitrogens with zero attached hydrogens (tertiary/aromatic N) is 1. The predicted molar refractivity (Wildman–Crippen MR) is 83.0 cm³/mol. The van der Waals surface area contributed by atoms with Gasteiger partial charge in [-0.05, 0) is 31.4 Å². The summed E-state index contributed by atoms with van der Waals surface area (Å²) in [5.41, 5.74) is 0. The number of aliphatic hydroxyl groups excluding tert-OH is 1. The smallest absolute Gasteiger partial charge is 0.0791 e. The standard InChI is InChI=1S/C14H30N2O2S/c1-19-11-5-3-2-4-6-15-12-14(17)13-16-7-9-18-10-8-16/h14-15,17H,2-13H2,1H3. The summed E-state index contributed by atoms with van der Waals surface area (Å²) in [6.07, 6.45) is 7.10. The van der Waals surface area contributed by atoms with E-state index in [1.807, 2.05) is 11.8 Å². The van der Waals surface area contributed by atoms with Crippen molar-refractivity contribution in [3.63, 3.8) is 0 Å². The Morgan fingerprint density at radius 2 is 1.95 bits per heavy atom. The van der Waals surface area contributed by atoms with Crippen LogP contribution in [-0.2, 0) is 4.74 Å². The maximum Gasteiger partial charge on any atom is 0.0791 e. The van der Waals surface area contributed by atoms with Gasteiger partial charge in [0.15, 0.2) is 0 Å². The van der Waals surface area contributed by atoms with Crippen LogP contribution in [-0.4, -0.2) is 74.1 Å². The Bertz CT molecular complexity index is 202. The Labute approximate surface area is 122 Å². The molecule has 1 aliphatic heterocycles. The molecule has 0 radical (unpaired) electrons. The summed E-state index contributed by atoms with van der Waals surface area (Å²) in [5.74, 6) is 1.28. The number of ether oxygens (including phenoxy) is 1. The molecule has 1 rings (SSSR count). The second-order valence-corrected chi connectivity index (χ2v) is 6.16. The van der Waals surface area contributed by atoms with E-state index in [4.69, 9.17) is 4.74 Å². The van der Waals surface area contributed by atoms with Crippen LogP contribution in [0, 0.1) is 0 Å². The number of nitrogens with one attached hydrogen (secondary N) is 1. The van der Waals surface area contributed by atoms with Crippen molar-refractivity contribution in [3.8, 4) is 0 Å². The van der Waals surface area contributed by atoms with Crippen LogP contribution in [0.5, 0.6) is 0 Å². The summed E-state index contributed by atoms with van der Waals surface area (Å²) >= 11 is 1.93. The lowest BCUT2D eigenvalue weighted by molar-refractivity contribution is 0.0149. The normalized spacial score (nSPS) is 18.6. The molecule has 1 saturated heterocycles. The zero-order chi connectivity index (χ0) is 13.8. The Morgan fingerprint density at radius 1 is 1.21 bits per heavy atom. The number of hydrogen-bond donors (Lipinski definition) is 2. The number of thioether (sulfide) groups is 1. The first-order valence-electron chi connectivity index (χ1n) is 7.50. The van der Waals surface area contributed by atoms with Gasteiger partial charge in [-0.2, -0.15) is 11.8 Å². The predicted octanol–water partition coefficient (Wildman–Crippen LogP) is 1.19. The fourth-order valence-corrected chi connectivity index (χ4v) is 2.76. The van der Waals surface area contributed by atoms with Crippen LogP contribution >= 0.6 is 11.8 Å². The van der Waals surface area contributed by atoms with Gasteiger partial charge in [-0.1, -0.05) is 12.8 Å². The number of morpholine rings is 1. The summed E-state index contributed by atoms with van der Waals surface area (Å²) < 4.78 is 5.29. The van der Waals surface area contributed by atoms with Crippen LogP contribution in [0.3, 0.4) is 0 Å². The molecule has 0 saturated carbocycles. The first-order valence-corrected chi connectivity index (χ1v) is 8.90. The van der Waals surface area contributed by atoms with Gasteiger partial charge in [-0.3, -0.25) is 4.90 Å². The molecule has 0 aromatic rings. The van der Waals surface area contributed by atoms with Crippen molar-refractivity contribution in [3.05, 3.63) is 0 Å². The van der Waals surface area contributed by atoms with Crippen molar-refractivity contribution in [2.45, 2.75) is 31.8 Å². The fraction of sp³-hybridized carbons (Fsp3) is 1.00. The minimum absolute atomic E-state index is 0.255. The molecular weight excluding hydrogens is 260 g/mol. The van der Waals surface area contributed by atoms with E-state index in [-0.39, 0.29) is 6.10 Å². The third-order valence-corrected chi connectivity index (χ3v) is 4.10. The fourth-order valence-electron chi connectivity index (χ4n) is 2.26. The quantitative estimate of drug-likeness (QED) is 0.560. The summed E-state index contributed by atoms with van der Waals surface area (Å²) in [5, 5.41) is 13.3. The molecule has 114 valence electrons. The first-order chi connectivity index (χ1) is 9.33. The topological polar surface area (TPSA) is 44.7 Å². The van der Waals surface area contributed by atoms with Crippen LogP contribution in [0.4, 0.5) is 0 Å². The number of hydrogen-bond acceptors (Lipinski definition) is 5. The van der Waals surface area contributed by atoms with Crippen molar-refractivity contribution < 1.29 is 9.84 Å². The monoisotopic (exact) mass is 290 g/mol. The minimum Gasteiger partial charge on any atom is -0.390 e. The van der Waals surface area contributed by atoms with E-state index in [1.54, 1.807) is 0 Å². The summed E-state index contributed by atoms with van der Waals surface area (Å²) in [4.78, 5) is 2.28. The van der Waals surface area contributed by atoms with E-state index in [9.17, 15) is 5.11 Å². The van der Waals surface area contributed by atoms with Crippen LogP contribution in [0.25, 0.3) is 0 Å². The van der Waals surface area contributed by atoms with E-state index in [0.717, 1.165) is 39.4 Å². The molecule has 2 N–H and O–H groups in total. The maximum atomic E-state index is 9.93. The van der Waals surface area contributed by atoms with Gasteiger partial charge in [-0.25, -0.2) is 0 Å². The third kappa shape index (κ3) is 9.68. The summed E-state index contributed by atoms with van der Waals surface area (Å²) in [6, 6.07) is 0. The van der Waals surface area contributed by atoms with E-state index in [1.165, 1.54) is 31.4 Å². The van der Waals surface area contributed by atoms with Gasteiger partial charge < -0.3 is 15.2 Å². The zero-order valence-corrected chi connectivity index (χ0v) is 13.1. The van der Waals surface area contributed by atoms with Crippen molar-refractivity contribution in [1.29, 1.82) is 0 Å². The van der Waals surface area contributed by atoms with Gasteiger partial charge in [0.05, 0.1) is 19.3 Å². The molecule has 1 fully saturated rings. The molecule has 0 aromatic heterocycles. The molecule has 5 heteroatoms. The van der Waals surface area contributed by atoms with Gasteiger partial charge in [-0.15, -0.1) is 0 Å². The molecule has 0 bridgehead atoms. The van der Waals surface area contributed by atoms with Crippen molar-refractivity contribution in [2.75, 3.05) is 57.9 Å². The Hall–Kier alpha value is 0.190. The van der Waals surface area contributed by atoms with Gasteiger partial charge in [0.25, 0.3) is 0 Å². The molecule has 0 aliphatic carbocycles. The van der Waals surface area contributed by atoms with Crippen molar-refractivity contribution in [2.24, 2.45) is 0 Å². The maximum absolute atomic E-state index is 9.93. The first kappa shape index (κ1) is 17.2. The van der Waals surface area contributed by atoms with Crippen LogP contribution in [0.15, 0.2) is 0 Å². The number of β-amino-alcohol motifs (C(OH)–C–C–N with tert-alkyl or cyclic N) is 1. The van der Waals surface area contributed by atoms with Crippen LogP contribution < -0.4 is 5.32 Å². The Morgan fingerprint density at radius 3 is 2.68 bits per heavy atom. The average molecular weight is 290 g/mol. The van der Waals surface area contributed by atoms with Crippen LogP contribution in [0.2, 0.25) is 0 Å². The van der Waals surface area contributed by atoms with E-state index in [0.29, 0.717) is 6.54 Å². The number of unbranched alkanes of at least 4 members (excludes halogenated alkanes) is 3. The highest BCUT2D eigenvalue weighted by molar-refractivity contribution is 7.98. The second kappa shape index (κ2) is 12.0. The molecule has 19 heavy (non-hydrogen) atoms. The summed E-state index contributed by atoms with van der Waals surface area (Å²) in [7, 11) is 0. The molecule has 1 heterocycles. The van der Waals surface area contributed by atoms with Crippen molar-refractivity contribution >= 4 is 11.8 Å². The van der Waals surface area contributed by atoms with E-state index in [2.05, 4.69) is 16.5 Å². The van der Waals surface area contributed by atoms with Gasteiger partial charge in [0.2, 0.25) is 0 Å². The molecule has 4 nitrogen and oxygen atoms in total. The molecule has 0 aromatic carbocycles. The Kier molecular flexibility index (Phi) is 10.9. The minimum atomic E-state index is -0.255. The largest absolute Gasteiger partial charge is 0.390 e. The lowest BCUT2D eigenvalue weighted by Crippen LogP contribution is -2.43. The average Bonchev–Trinajstić information content (AvgIpc) is 2.43. The lowest BCUT2D eigenvalue weighted by atomic mass is 10.2. The number of rotatable bonds is 11. The van der Waals surface area contributed by atoms with Gasteiger partial charge in [0, 0.05) is 26.2 Å². The molecule has 1 atom stereocenters. The van der Waals surface area contributed by atoms with Crippen molar-refractivity contribution in [1.82, 2.24) is 10.2 Å². The lowest BCUT2D eigenvalue weighted by Gasteiger charge is -2.28. The Balaban J connectivity index is 1.85. The highest BCUT2D eigenvalue weighted by Gasteiger charge is 2.14. The van der Waals surface area contributed by atoms with E-state index >= 15 is 0 Å².